The fraction of sp³-hybridized carbons (Fsp3) is 0.444. The Morgan fingerprint density at radius 2 is 2.04 bits per heavy atom. The molecule has 0 aromatic carbocycles. The Kier molecular flexibility index (Phi) is 6.58. The molecule has 1 aromatic heterocycles. The predicted octanol–water partition coefficient (Wildman–Crippen LogP) is 4.81. The molecule has 1 heterocycles. The van der Waals surface area contributed by atoms with E-state index in [4.69, 9.17) is 4.74 Å². The highest BCUT2D eigenvalue weighted by atomic mass is 19.3. The lowest BCUT2D eigenvalue weighted by Crippen LogP contribution is -2.23. The van der Waals surface area contributed by atoms with Crippen molar-refractivity contribution in [3.8, 4) is 6.01 Å². The highest BCUT2D eigenvalue weighted by molar-refractivity contribution is 5.21. The fourth-order valence-corrected chi connectivity index (χ4v) is 2.32. The first-order valence-electron chi connectivity index (χ1n) is 8.01. The number of halogens is 3. The number of ether oxygens (including phenoxy) is 1. The van der Waals surface area contributed by atoms with Gasteiger partial charge in [0.25, 0.3) is 5.92 Å². The molecule has 6 heteroatoms. The van der Waals surface area contributed by atoms with Gasteiger partial charge in [-0.05, 0) is 44.6 Å². The maximum absolute atomic E-state index is 13.7. The van der Waals surface area contributed by atoms with Crippen LogP contribution >= 0.6 is 0 Å². The van der Waals surface area contributed by atoms with E-state index in [9.17, 15) is 13.2 Å². The first kappa shape index (κ1) is 18.2. The van der Waals surface area contributed by atoms with Crippen LogP contribution in [0.2, 0.25) is 0 Å². The molecule has 0 aliphatic heterocycles. The summed E-state index contributed by atoms with van der Waals surface area (Å²) in [6.45, 7) is 2.11. The van der Waals surface area contributed by atoms with Crippen LogP contribution in [0.1, 0.15) is 37.8 Å². The quantitative estimate of drug-likeness (QED) is 0.479. The molecule has 0 amide bonds. The average Bonchev–Trinajstić information content (AvgIpc) is 2.60. The molecule has 2 rings (SSSR count). The predicted molar refractivity (Wildman–Crippen MR) is 86.6 cm³/mol. The zero-order valence-corrected chi connectivity index (χ0v) is 13.5. The SMILES string of the molecule is C=CC(F)(F)COc1ncc(F)c(CCCCC2=CCCC=C2)n1. The Morgan fingerprint density at radius 3 is 2.75 bits per heavy atom. The first-order valence-corrected chi connectivity index (χ1v) is 8.01. The molecule has 1 aliphatic carbocycles. The lowest BCUT2D eigenvalue weighted by atomic mass is 10.0. The fourth-order valence-electron chi connectivity index (χ4n) is 2.32. The van der Waals surface area contributed by atoms with E-state index in [-0.39, 0.29) is 11.7 Å². The lowest BCUT2D eigenvalue weighted by molar-refractivity contribution is 0.00214. The van der Waals surface area contributed by atoms with Crippen molar-refractivity contribution in [2.24, 2.45) is 0 Å². The van der Waals surface area contributed by atoms with Crippen LogP contribution in [0.5, 0.6) is 6.01 Å². The summed E-state index contributed by atoms with van der Waals surface area (Å²) in [6.07, 6.45) is 13.1. The molecular formula is C18H21F3N2O. The molecular weight excluding hydrogens is 317 g/mol. The molecule has 0 spiro atoms. The molecule has 0 fully saturated rings. The maximum Gasteiger partial charge on any atom is 0.316 e. The van der Waals surface area contributed by atoms with Crippen LogP contribution in [-0.4, -0.2) is 22.5 Å². The van der Waals surface area contributed by atoms with Gasteiger partial charge in [0.2, 0.25) is 0 Å². The summed E-state index contributed by atoms with van der Waals surface area (Å²) >= 11 is 0. The van der Waals surface area contributed by atoms with Crippen molar-refractivity contribution in [1.29, 1.82) is 0 Å². The monoisotopic (exact) mass is 338 g/mol. The zero-order chi connectivity index (χ0) is 17.4. The third kappa shape index (κ3) is 5.83. The first-order chi connectivity index (χ1) is 11.5. The molecule has 130 valence electrons. The zero-order valence-electron chi connectivity index (χ0n) is 13.5. The van der Waals surface area contributed by atoms with Crippen LogP contribution in [0.4, 0.5) is 13.2 Å². The Labute approximate surface area is 140 Å². The van der Waals surface area contributed by atoms with Crippen LogP contribution in [-0.2, 0) is 6.42 Å². The molecule has 0 atom stereocenters. The van der Waals surface area contributed by atoms with Gasteiger partial charge in [-0.15, -0.1) is 0 Å². The third-order valence-corrected chi connectivity index (χ3v) is 3.69. The number of hydrogen-bond donors (Lipinski definition) is 0. The molecule has 0 radical (unpaired) electrons. The topological polar surface area (TPSA) is 35.0 Å². The Balaban J connectivity index is 1.83. The Bertz CT molecular complexity index is 627. The number of rotatable bonds is 9. The second-order valence-electron chi connectivity index (χ2n) is 5.67. The molecule has 0 N–H and O–H groups in total. The Hall–Kier alpha value is -2.11. The number of aromatic nitrogens is 2. The smallest absolute Gasteiger partial charge is 0.316 e. The van der Waals surface area contributed by atoms with Gasteiger partial charge in [0.1, 0.15) is 0 Å². The molecule has 1 aliphatic rings. The van der Waals surface area contributed by atoms with Gasteiger partial charge in [-0.25, -0.2) is 9.37 Å². The van der Waals surface area contributed by atoms with E-state index in [1.54, 1.807) is 0 Å². The van der Waals surface area contributed by atoms with Gasteiger partial charge in [0.15, 0.2) is 12.4 Å². The number of unbranched alkanes of at least 4 members (excludes halogenated alkanes) is 1. The number of aryl methyl sites for hydroxylation is 1. The van der Waals surface area contributed by atoms with Crippen molar-refractivity contribution in [3.05, 3.63) is 54.2 Å². The van der Waals surface area contributed by atoms with Gasteiger partial charge in [-0.2, -0.15) is 13.8 Å². The molecule has 24 heavy (non-hydrogen) atoms. The number of nitrogens with zero attached hydrogens (tertiary/aromatic N) is 2. The minimum absolute atomic E-state index is 0.190. The van der Waals surface area contributed by atoms with E-state index in [1.165, 1.54) is 5.57 Å². The average molecular weight is 338 g/mol. The second kappa shape index (κ2) is 8.66. The van der Waals surface area contributed by atoms with Gasteiger partial charge >= 0.3 is 6.01 Å². The van der Waals surface area contributed by atoms with Gasteiger partial charge < -0.3 is 4.74 Å². The summed E-state index contributed by atoms with van der Waals surface area (Å²) in [7, 11) is 0. The summed E-state index contributed by atoms with van der Waals surface area (Å²) in [4.78, 5) is 7.47. The van der Waals surface area contributed by atoms with E-state index in [0.29, 0.717) is 12.5 Å². The minimum atomic E-state index is -3.17. The largest absolute Gasteiger partial charge is 0.457 e. The van der Waals surface area contributed by atoms with Crippen molar-refractivity contribution >= 4 is 0 Å². The van der Waals surface area contributed by atoms with Crippen LogP contribution in [0.15, 0.2) is 42.7 Å². The lowest BCUT2D eigenvalue weighted by Gasteiger charge is -2.12. The van der Waals surface area contributed by atoms with E-state index < -0.39 is 18.3 Å². The molecule has 3 nitrogen and oxygen atoms in total. The highest BCUT2D eigenvalue weighted by Crippen LogP contribution is 2.19. The summed E-state index contributed by atoms with van der Waals surface area (Å²) in [5.74, 6) is -3.71. The van der Waals surface area contributed by atoms with Gasteiger partial charge in [0.05, 0.1) is 11.9 Å². The molecule has 0 bridgehead atoms. The van der Waals surface area contributed by atoms with Crippen molar-refractivity contribution in [2.75, 3.05) is 6.61 Å². The van der Waals surface area contributed by atoms with Crippen LogP contribution < -0.4 is 4.74 Å². The summed E-state index contributed by atoms with van der Waals surface area (Å²) in [5.41, 5.74) is 1.50. The van der Waals surface area contributed by atoms with Gasteiger partial charge in [-0.1, -0.05) is 30.4 Å². The van der Waals surface area contributed by atoms with Gasteiger partial charge in [0, 0.05) is 0 Å². The second-order valence-corrected chi connectivity index (χ2v) is 5.67. The van der Waals surface area contributed by atoms with Crippen molar-refractivity contribution in [1.82, 2.24) is 9.97 Å². The van der Waals surface area contributed by atoms with Crippen molar-refractivity contribution in [3.63, 3.8) is 0 Å². The molecule has 1 aromatic rings. The summed E-state index contributed by atoms with van der Waals surface area (Å²) < 4.78 is 44.7. The van der Waals surface area contributed by atoms with E-state index in [2.05, 4.69) is 34.8 Å². The standard InChI is InChI=1S/C18H21F3N2O/c1-2-18(20,21)13-24-17-22-12-15(19)16(23-17)11-7-6-10-14-8-4-3-5-9-14/h2,4,8-9,12H,1,3,5-7,10-11,13H2. The summed E-state index contributed by atoms with van der Waals surface area (Å²) in [6, 6.07) is -0.245. The number of alkyl halides is 2. The highest BCUT2D eigenvalue weighted by Gasteiger charge is 2.25. The van der Waals surface area contributed by atoms with E-state index in [1.807, 2.05) is 0 Å². The van der Waals surface area contributed by atoms with Crippen molar-refractivity contribution in [2.45, 2.75) is 44.4 Å². The molecule has 0 unspecified atom stereocenters. The van der Waals surface area contributed by atoms with Crippen LogP contribution in [0, 0.1) is 5.82 Å². The van der Waals surface area contributed by atoms with Gasteiger partial charge in [-0.3, -0.25) is 0 Å². The third-order valence-electron chi connectivity index (χ3n) is 3.69. The number of hydrogen-bond acceptors (Lipinski definition) is 3. The minimum Gasteiger partial charge on any atom is -0.457 e. The molecule has 0 saturated carbocycles. The van der Waals surface area contributed by atoms with E-state index in [0.717, 1.165) is 38.3 Å². The van der Waals surface area contributed by atoms with Crippen molar-refractivity contribution < 1.29 is 17.9 Å². The van der Waals surface area contributed by atoms with Crippen LogP contribution in [0.25, 0.3) is 0 Å². The molecule has 0 saturated heterocycles. The maximum atomic E-state index is 13.7. The van der Waals surface area contributed by atoms with Crippen LogP contribution in [0.3, 0.4) is 0 Å². The summed E-state index contributed by atoms with van der Waals surface area (Å²) in [5, 5.41) is 0. The normalized spacial score (nSPS) is 14.4. The number of allylic oxidation sites excluding steroid dienone is 4. The Morgan fingerprint density at radius 1 is 1.25 bits per heavy atom. The van der Waals surface area contributed by atoms with E-state index >= 15 is 0 Å².